The SMILES string of the molecule is CC(C)(C)NC(=O)C(Cc1ccccc1)N(Cc1c(Cl)cccc1Cl)C(=O)CN(c1cc(Cl)cc(Cl)c1)S(=O)(=O)c1ccccc1. The van der Waals surface area contributed by atoms with E-state index >= 15 is 0 Å². The zero-order chi connectivity index (χ0) is 33.6. The van der Waals surface area contributed by atoms with E-state index in [-0.39, 0.29) is 43.6 Å². The number of nitrogens with one attached hydrogen (secondary N) is 1. The van der Waals surface area contributed by atoms with Gasteiger partial charge in [-0.25, -0.2) is 8.42 Å². The Morgan fingerprint density at radius 1 is 0.783 bits per heavy atom. The Morgan fingerprint density at radius 2 is 1.33 bits per heavy atom. The monoisotopic (exact) mass is 719 g/mol. The number of nitrogens with zero attached hydrogens (tertiary/aromatic N) is 2. The van der Waals surface area contributed by atoms with Crippen LogP contribution in [0, 0.1) is 0 Å². The molecule has 0 aliphatic heterocycles. The third kappa shape index (κ3) is 9.17. The quantitative estimate of drug-likeness (QED) is 0.170. The second kappa shape index (κ2) is 15.1. The first-order valence-electron chi connectivity index (χ1n) is 14.3. The van der Waals surface area contributed by atoms with E-state index in [0.717, 1.165) is 9.87 Å². The highest BCUT2D eigenvalue weighted by molar-refractivity contribution is 7.92. The van der Waals surface area contributed by atoms with Crippen LogP contribution in [0.4, 0.5) is 5.69 Å². The fourth-order valence-corrected chi connectivity index (χ4v) is 7.24. The molecule has 1 atom stereocenters. The van der Waals surface area contributed by atoms with Gasteiger partial charge in [-0.2, -0.15) is 0 Å². The standard InChI is InChI=1S/C34H33Cl4N3O4S/c1-34(2,3)39-33(43)31(17-23-11-6-4-7-12-23)40(21-28-29(37)15-10-16-30(28)38)32(42)22-41(26-19-24(35)18-25(36)20-26)46(44,45)27-13-8-5-9-14-27/h4-16,18-20,31H,17,21-22H2,1-3H3,(H,39,43). The van der Waals surface area contributed by atoms with Crippen molar-refractivity contribution in [2.24, 2.45) is 0 Å². The van der Waals surface area contributed by atoms with Crippen molar-refractivity contribution in [3.8, 4) is 0 Å². The molecule has 0 heterocycles. The van der Waals surface area contributed by atoms with Crippen LogP contribution in [0.2, 0.25) is 20.1 Å². The number of hydrogen-bond acceptors (Lipinski definition) is 4. The van der Waals surface area contributed by atoms with Crippen molar-refractivity contribution in [1.29, 1.82) is 0 Å². The summed E-state index contributed by atoms with van der Waals surface area (Å²) in [6.07, 6.45) is 0.130. The van der Waals surface area contributed by atoms with E-state index in [0.29, 0.717) is 5.56 Å². The van der Waals surface area contributed by atoms with E-state index in [9.17, 15) is 18.0 Å². The fraction of sp³-hybridized carbons (Fsp3) is 0.235. The minimum absolute atomic E-state index is 0.0501. The van der Waals surface area contributed by atoms with Crippen molar-refractivity contribution in [2.45, 2.75) is 50.2 Å². The van der Waals surface area contributed by atoms with Crippen LogP contribution in [0.5, 0.6) is 0 Å². The summed E-state index contributed by atoms with van der Waals surface area (Å²) in [5, 5.41) is 3.91. The maximum Gasteiger partial charge on any atom is 0.264 e. The third-order valence-corrected chi connectivity index (χ3v) is 9.84. The summed E-state index contributed by atoms with van der Waals surface area (Å²) in [6, 6.07) is 25.0. The van der Waals surface area contributed by atoms with E-state index in [1.807, 2.05) is 51.1 Å². The van der Waals surface area contributed by atoms with E-state index < -0.39 is 40.0 Å². The van der Waals surface area contributed by atoms with Crippen LogP contribution in [0.25, 0.3) is 0 Å². The number of anilines is 1. The van der Waals surface area contributed by atoms with Crippen LogP contribution in [-0.2, 0) is 32.6 Å². The average molecular weight is 722 g/mol. The zero-order valence-electron chi connectivity index (χ0n) is 25.4. The predicted octanol–water partition coefficient (Wildman–Crippen LogP) is 8.05. The lowest BCUT2D eigenvalue weighted by molar-refractivity contribution is -0.140. The van der Waals surface area contributed by atoms with Crippen molar-refractivity contribution in [3.05, 3.63) is 128 Å². The van der Waals surface area contributed by atoms with Gasteiger partial charge < -0.3 is 10.2 Å². The molecule has 0 fully saturated rings. The topological polar surface area (TPSA) is 86.8 Å². The first-order valence-corrected chi connectivity index (χ1v) is 17.2. The number of rotatable bonds is 11. The minimum Gasteiger partial charge on any atom is -0.350 e. The molecule has 12 heteroatoms. The average Bonchev–Trinajstić information content (AvgIpc) is 2.98. The molecule has 0 saturated heterocycles. The molecule has 1 unspecified atom stereocenters. The molecule has 0 saturated carbocycles. The van der Waals surface area contributed by atoms with Gasteiger partial charge in [-0.1, -0.05) is 101 Å². The number of amides is 2. The summed E-state index contributed by atoms with van der Waals surface area (Å²) < 4.78 is 29.2. The first kappa shape index (κ1) is 35.6. The van der Waals surface area contributed by atoms with Gasteiger partial charge in [0.2, 0.25) is 11.8 Å². The molecular weight excluding hydrogens is 688 g/mol. The third-order valence-electron chi connectivity index (χ3n) is 6.90. The lowest BCUT2D eigenvalue weighted by atomic mass is 10.0. The Labute approximate surface area is 290 Å². The molecule has 0 aliphatic carbocycles. The summed E-state index contributed by atoms with van der Waals surface area (Å²) >= 11 is 25.7. The highest BCUT2D eigenvalue weighted by Gasteiger charge is 2.36. The molecule has 4 aromatic rings. The molecule has 0 radical (unpaired) electrons. The Bertz CT molecular complexity index is 1760. The van der Waals surface area contributed by atoms with Gasteiger partial charge in [0.05, 0.1) is 10.6 Å². The van der Waals surface area contributed by atoms with Crippen molar-refractivity contribution >= 4 is 73.9 Å². The Kier molecular flexibility index (Phi) is 11.7. The molecule has 7 nitrogen and oxygen atoms in total. The van der Waals surface area contributed by atoms with Gasteiger partial charge in [0.1, 0.15) is 12.6 Å². The van der Waals surface area contributed by atoms with Crippen molar-refractivity contribution in [2.75, 3.05) is 10.8 Å². The van der Waals surface area contributed by atoms with E-state index in [1.165, 1.54) is 35.2 Å². The maximum atomic E-state index is 14.6. The molecule has 1 N–H and O–H groups in total. The Morgan fingerprint density at radius 3 is 1.87 bits per heavy atom. The van der Waals surface area contributed by atoms with E-state index in [1.54, 1.807) is 36.4 Å². The summed E-state index contributed by atoms with van der Waals surface area (Å²) in [6.45, 7) is 4.63. The van der Waals surface area contributed by atoms with Crippen LogP contribution in [-0.4, -0.2) is 43.3 Å². The van der Waals surface area contributed by atoms with Gasteiger partial charge >= 0.3 is 0 Å². The van der Waals surface area contributed by atoms with Crippen LogP contribution in [0.3, 0.4) is 0 Å². The molecule has 0 aromatic heterocycles. The van der Waals surface area contributed by atoms with E-state index in [2.05, 4.69) is 5.32 Å². The Balaban J connectivity index is 1.87. The number of carbonyl (C=O) groups is 2. The fourth-order valence-electron chi connectivity index (χ4n) is 4.79. The highest BCUT2D eigenvalue weighted by Crippen LogP contribution is 2.31. The van der Waals surface area contributed by atoms with Crippen LogP contribution >= 0.6 is 46.4 Å². The summed E-state index contributed by atoms with van der Waals surface area (Å²) in [5.41, 5.74) is 0.631. The van der Waals surface area contributed by atoms with Crippen LogP contribution in [0.15, 0.2) is 102 Å². The van der Waals surface area contributed by atoms with E-state index in [4.69, 9.17) is 46.4 Å². The second-order valence-corrected chi connectivity index (χ2v) is 15.2. The molecule has 0 bridgehead atoms. The van der Waals surface area contributed by atoms with Gasteiger partial charge in [0.15, 0.2) is 0 Å². The molecule has 46 heavy (non-hydrogen) atoms. The van der Waals surface area contributed by atoms with Crippen LogP contribution < -0.4 is 9.62 Å². The number of halogens is 4. The number of benzene rings is 4. The molecule has 2 amide bonds. The number of carbonyl (C=O) groups excluding carboxylic acids is 2. The van der Waals surface area contributed by atoms with Gasteiger partial charge in [0, 0.05) is 44.2 Å². The molecule has 4 aromatic carbocycles. The predicted molar refractivity (Wildman–Crippen MR) is 186 cm³/mol. The maximum absolute atomic E-state index is 14.6. The smallest absolute Gasteiger partial charge is 0.264 e. The van der Waals surface area contributed by atoms with Gasteiger partial charge in [-0.05, 0) is 68.8 Å². The minimum atomic E-state index is -4.32. The highest BCUT2D eigenvalue weighted by atomic mass is 35.5. The molecule has 0 aliphatic rings. The molecule has 242 valence electrons. The van der Waals surface area contributed by atoms with Crippen molar-refractivity contribution in [1.82, 2.24) is 10.2 Å². The lowest BCUT2D eigenvalue weighted by Crippen LogP contribution is -2.56. The normalized spacial score (nSPS) is 12.3. The number of sulfonamides is 1. The summed E-state index contributed by atoms with van der Waals surface area (Å²) in [7, 11) is -4.32. The second-order valence-electron chi connectivity index (χ2n) is 11.6. The van der Waals surface area contributed by atoms with Gasteiger partial charge in [-0.15, -0.1) is 0 Å². The lowest BCUT2D eigenvalue weighted by Gasteiger charge is -2.35. The summed E-state index contributed by atoms with van der Waals surface area (Å²) in [5.74, 6) is -1.12. The Hall–Kier alpha value is -3.27. The van der Waals surface area contributed by atoms with Crippen molar-refractivity contribution < 1.29 is 18.0 Å². The van der Waals surface area contributed by atoms with Gasteiger partial charge in [0.25, 0.3) is 10.0 Å². The molecule has 0 spiro atoms. The zero-order valence-corrected chi connectivity index (χ0v) is 29.2. The summed E-state index contributed by atoms with van der Waals surface area (Å²) in [4.78, 5) is 29.9. The number of hydrogen-bond donors (Lipinski definition) is 1. The van der Waals surface area contributed by atoms with Crippen LogP contribution in [0.1, 0.15) is 31.9 Å². The van der Waals surface area contributed by atoms with Crippen molar-refractivity contribution in [3.63, 3.8) is 0 Å². The molecular formula is C34H33Cl4N3O4S. The molecule has 4 rings (SSSR count). The first-order chi connectivity index (χ1) is 21.7. The largest absolute Gasteiger partial charge is 0.350 e. The van der Waals surface area contributed by atoms with Gasteiger partial charge in [-0.3, -0.25) is 13.9 Å².